The molecule has 4 aromatic rings. The molecule has 0 saturated carbocycles. The zero-order valence-electron chi connectivity index (χ0n) is 15.1. The first-order chi connectivity index (χ1) is 13.2. The molecule has 0 atom stereocenters. The van der Waals surface area contributed by atoms with Crippen molar-refractivity contribution in [1.29, 1.82) is 0 Å². The maximum absolute atomic E-state index is 12.1. The van der Waals surface area contributed by atoms with Crippen molar-refractivity contribution in [2.24, 2.45) is 0 Å². The molecule has 0 saturated heterocycles. The number of hydrogen-bond donors (Lipinski definition) is 1. The molecule has 0 radical (unpaired) electrons. The first kappa shape index (κ1) is 17.9. The van der Waals surface area contributed by atoms with Crippen LogP contribution in [0.4, 0.5) is 0 Å². The molecule has 0 aliphatic heterocycles. The maximum atomic E-state index is 12.1. The van der Waals surface area contributed by atoms with Crippen LogP contribution in [-0.4, -0.2) is 24.7 Å². The second-order valence-corrected chi connectivity index (χ2v) is 8.12. The van der Waals surface area contributed by atoms with Gasteiger partial charge < -0.3 is 9.55 Å². The van der Waals surface area contributed by atoms with E-state index in [4.69, 9.17) is 0 Å². The molecule has 138 valence electrons. The summed E-state index contributed by atoms with van der Waals surface area (Å²) < 4.78 is 2.81. The minimum atomic E-state index is -0.0823. The van der Waals surface area contributed by atoms with Crippen LogP contribution in [-0.2, 0) is 12.3 Å². The molecule has 0 spiro atoms. The molecule has 3 heterocycles. The Balaban J connectivity index is 1.62. The number of thiophene rings is 1. The Kier molecular flexibility index (Phi) is 5.09. The summed E-state index contributed by atoms with van der Waals surface area (Å²) in [6.07, 6.45) is 0.986. The van der Waals surface area contributed by atoms with Crippen LogP contribution in [0.3, 0.4) is 0 Å². The fraction of sp³-hybridized carbons (Fsp3) is 0.263. The van der Waals surface area contributed by atoms with Gasteiger partial charge in [-0.1, -0.05) is 42.4 Å². The minimum Gasteiger partial charge on any atom is -0.309 e. The molecular formula is C19H19N5OS2. The largest absolute Gasteiger partial charge is 0.309 e. The molecule has 27 heavy (non-hydrogen) atoms. The van der Waals surface area contributed by atoms with Crippen molar-refractivity contribution in [3.8, 4) is 11.4 Å². The molecule has 0 fully saturated rings. The summed E-state index contributed by atoms with van der Waals surface area (Å²) in [5.74, 6) is 2.06. The number of aryl methyl sites for hydroxylation is 1. The third-order valence-electron chi connectivity index (χ3n) is 4.14. The summed E-state index contributed by atoms with van der Waals surface area (Å²) in [6, 6.07) is 10.2. The van der Waals surface area contributed by atoms with Crippen LogP contribution in [0.1, 0.15) is 24.7 Å². The first-order valence-electron chi connectivity index (χ1n) is 8.75. The lowest BCUT2D eigenvalue weighted by molar-refractivity contribution is 0.626. The van der Waals surface area contributed by atoms with Crippen molar-refractivity contribution in [2.75, 3.05) is 0 Å². The van der Waals surface area contributed by atoms with E-state index in [2.05, 4.69) is 56.8 Å². The van der Waals surface area contributed by atoms with E-state index in [1.807, 2.05) is 17.5 Å². The molecule has 4 rings (SSSR count). The SMILES string of the molecule is CCCn1c(SCc2nc3ccsc3c(=O)[nH]2)nnc1-c1cccc(C)c1. The molecule has 0 aliphatic carbocycles. The predicted octanol–water partition coefficient (Wildman–Crippen LogP) is 4.25. The van der Waals surface area contributed by atoms with Gasteiger partial charge in [0.15, 0.2) is 11.0 Å². The van der Waals surface area contributed by atoms with Gasteiger partial charge in [0, 0.05) is 12.1 Å². The molecule has 0 unspecified atom stereocenters. The summed E-state index contributed by atoms with van der Waals surface area (Å²) in [5.41, 5.74) is 2.92. The zero-order valence-corrected chi connectivity index (χ0v) is 16.7. The van der Waals surface area contributed by atoms with Crippen LogP contribution in [0, 0.1) is 6.92 Å². The number of thioether (sulfide) groups is 1. The van der Waals surface area contributed by atoms with Crippen LogP contribution in [0.25, 0.3) is 21.6 Å². The Hall–Kier alpha value is -2.45. The Morgan fingerprint density at radius 3 is 2.96 bits per heavy atom. The Morgan fingerprint density at radius 1 is 1.26 bits per heavy atom. The predicted molar refractivity (Wildman–Crippen MR) is 110 cm³/mol. The van der Waals surface area contributed by atoms with E-state index < -0.39 is 0 Å². The van der Waals surface area contributed by atoms with E-state index in [0.29, 0.717) is 16.3 Å². The van der Waals surface area contributed by atoms with Gasteiger partial charge in [0.2, 0.25) is 0 Å². The highest BCUT2D eigenvalue weighted by atomic mass is 32.2. The monoisotopic (exact) mass is 397 g/mol. The van der Waals surface area contributed by atoms with Crippen LogP contribution in [0.15, 0.2) is 45.7 Å². The Labute approximate surface area is 164 Å². The third kappa shape index (κ3) is 3.68. The van der Waals surface area contributed by atoms with Gasteiger partial charge in [-0.15, -0.1) is 21.5 Å². The fourth-order valence-corrected chi connectivity index (χ4v) is 4.50. The van der Waals surface area contributed by atoms with Crippen molar-refractivity contribution in [3.63, 3.8) is 0 Å². The van der Waals surface area contributed by atoms with Crippen molar-refractivity contribution < 1.29 is 0 Å². The van der Waals surface area contributed by atoms with Gasteiger partial charge >= 0.3 is 0 Å². The van der Waals surface area contributed by atoms with E-state index in [-0.39, 0.29) is 5.56 Å². The van der Waals surface area contributed by atoms with Crippen molar-refractivity contribution >= 4 is 33.3 Å². The standard InChI is InChI=1S/C19H19N5OS2/c1-3-8-24-17(13-6-4-5-12(2)10-13)22-23-19(24)27-11-15-20-14-7-9-26-16(14)18(25)21-15/h4-7,9-10H,3,8,11H2,1-2H3,(H,20,21,25). The fourth-order valence-electron chi connectivity index (χ4n) is 2.94. The summed E-state index contributed by atoms with van der Waals surface area (Å²) in [4.78, 5) is 19.5. The van der Waals surface area contributed by atoms with Crippen molar-refractivity contribution in [3.05, 3.63) is 57.5 Å². The van der Waals surface area contributed by atoms with Gasteiger partial charge in [0.1, 0.15) is 10.5 Å². The average Bonchev–Trinajstić information content (AvgIpc) is 3.28. The minimum absolute atomic E-state index is 0.0823. The highest BCUT2D eigenvalue weighted by Crippen LogP contribution is 2.27. The molecule has 1 N–H and O–H groups in total. The summed E-state index contributed by atoms with van der Waals surface area (Å²) in [5, 5.41) is 11.5. The van der Waals surface area contributed by atoms with E-state index in [0.717, 1.165) is 35.0 Å². The van der Waals surface area contributed by atoms with Crippen LogP contribution in [0.5, 0.6) is 0 Å². The van der Waals surface area contributed by atoms with E-state index >= 15 is 0 Å². The molecule has 6 nitrogen and oxygen atoms in total. The molecule has 8 heteroatoms. The number of fused-ring (bicyclic) bond motifs is 1. The highest BCUT2D eigenvalue weighted by Gasteiger charge is 2.15. The number of rotatable bonds is 6. The number of H-pyrrole nitrogens is 1. The molecular weight excluding hydrogens is 378 g/mol. The Morgan fingerprint density at radius 2 is 2.15 bits per heavy atom. The molecule has 1 aromatic carbocycles. The molecule has 0 amide bonds. The van der Waals surface area contributed by atoms with Gasteiger partial charge in [0.05, 0.1) is 11.3 Å². The van der Waals surface area contributed by atoms with Crippen LogP contribution >= 0.6 is 23.1 Å². The highest BCUT2D eigenvalue weighted by molar-refractivity contribution is 7.98. The van der Waals surface area contributed by atoms with Gasteiger partial charge in [-0.3, -0.25) is 4.79 Å². The smallest absolute Gasteiger partial charge is 0.268 e. The summed E-state index contributed by atoms with van der Waals surface area (Å²) in [7, 11) is 0. The molecule has 0 aliphatic rings. The second-order valence-electron chi connectivity index (χ2n) is 6.26. The number of aromatic amines is 1. The third-order valence-corrected chi connectivity index (χ3v) is 6.02. The van der Waals surface area contributed by atoms with E-state index in [1.54, 1.807) is 0 Å². The zero-order chi connectivity index (χ0) is 18.8. The topological polar surface area (TPSA) is 76.5 Å². The Bertz CT molecular complexity index is 1140. The van der Waals surface area contributed by atoms with Gasteiger partial charge in [-0.05, 0) is 30.9 Å². The number of hydrogen-bond acceptors (Lipinski definition) is 6. The second kappa shape index (κ2) is 7.66. The van der Waals surface area contributed by atoms with Gasteiger partial charge in [-0.2, -0.15) is 0 Å². The summed E-state index contributed by atoms with van der Waals surface area (Å²) >= 11 is 2.95. The van der Waals surface area contributed by atoms with Gasteiger partial charge in [0.25, 0.3) is 5.56 Å². The number of nitrogens with one attached hydrogen (secondary N) is 1. The normalized spacial score (nSPS) is 11.3. The van der Waals surface area contributed by atoms with Crippen LogP contribution < -0.4 is 5.56 Å². The van der Waals surface area contributed by atoms with Crippen molar-refractivity contribution in [1.82, 2.24) is 24.7 Å². The van der Waals surface area contributed by atoms with E-state index in [1.165, 1.54) is 28.7 Å². The summed E-state index contributed by atoms with van der Waals surface area (Å²) in [6.45, 7) is 5.05. The first-order valence-corrected chi connectivity index (χ1v) is 10.6. The number of nitrogens with zero attached hydrogens (tertiary/aromatic N) is 4. The quantitative estimate of drug-likeness (QED) is 0.492. The van der Waals surface area contributed by atoms with Crippen LogP contribution in [0.2, 0.25) is 0 Å². The lowest BCUT2D eigenvalue weighted by Crippen LogP contribution is -2.09. The van der Waals surface area contributed by atoms with E-state index in [9.17, 15) is 4.79 Å². The molecule has 0 bridgehead atoms. The number of aromatic nitrogens is 5. The lowest BCUT2D eigenvalue weighted by Gasteiger charge is -2.09. The maximum Gasteiger partial charge on any atom is 0.268 e. The average molecular weight is 398 g/mol. The molecule has 3 aromatic heterocycles. The number of benzene rings is 1. The van der Waals surface area contributed by atoms with Crippen molar-refractivity contribution in [2.45, 2.75) is 37.7 Å². The lowest BCUT2D eigenvalue weighted by atomic mass is 10.1. The van der Waals surface area contributed by atoms with Gasteiger partial charge in [-0.25, -0.2) is 4.98 Å².